The van der Waals surface area contributed by atoms with E-state index in [1.807, 2.05) is 19.9 Å². The van der Waals surface area contributed by atoms with Crippen LogP contribution in [0.2, 0.25) is 0 Å². The molecule has 1 amide bonds. The van der Waals surface area contributed by atoms with Crippen LogP contribution in [0.3, 0.4) is 0 Å². The normalized spacial score (nSPS) is 27.1. The number of nitrogens with two attached hydrogens (primary N) is 1. The number of hydrogen-bond donors (Lipinski definition) is 2. The summed E-state index contributed by atoms with van der Waals surface area (Å²) in [6.07, 6.45) is 3.60. The lowest BCUT2D eigenvalue weighted by atomic mass is 9.76. The monoisotopic (exact) mass is 262 g/mol. The van der Waals surface area contributed by atoms with Crippen LogP contribution in [0.15, 0.2) is 6.07 Å². The van der Waals surface area contributed by atoms with Gasteiger partial charge in [-0.1, -0.05) is 19.8 Å². The van der Waals surface area contributed by atoms with Gasteiger partial charge in [0.05, 0.1) is 5.54 Å². The van der Waals surface area contributed by atoms with Crippen LogP contribution in [-0.2, 0) is 4.79 Å². The Hall–Kier alpha value is -1.49. The van der Waals surface area contributed by atoms with E-state index in [-0.39, 0.29) is 5.91 Å². The summed E-state index contributed by atoms with van der Waals surface area (Å²) >= 11 is 0. The Morgan fingerprint density at radius 2 is 2.05 bits per heavy atom. The van der Waals surface area contributed by atoms with Gasteiger partial charge in [0.15, 0.2) is 0 Å². The highest BCUT2D eigenvalue weighted by atomic mass is 16.2. The minimum absolute atomic E-state index is 0.163. The van der Waals surface area contributed by atoms with Crippen molar-refractivity contribution in [2.24, 2.45) is 11.7 Å². The van der Waals surface area contributed by atoms with E-state index in [1.165, 1.54) is 0 Å². The SMILES string of the molecule is Cc1cc(C)nc(NC(=O)C2(N)CCCC(C)C2)n1. The van der Waals surface area contributed by atoms with E-state index in [1.54, 1.807) is 0 Å². The van der Waals surface area contributed by atoms with Gasteiger partial charge in [-0.05, 0) is 38.7 Å². The van der Waals surface area contributed by atoms with E-state index in [4.69, 9.17) is 5.73 Å². The zero-order valence-electron chi connectivity index (χ0n) is 11.9. The molecule has 1 aliphatic carbocycles. The highest BCUT2D eigenvalue weighted by Crippen LogP contribution is 2.31. The molecule has 2 rings (SSSR count). The molecule has 2 unspecified atom stereocenters. The second-order valence-electron chi connectivity index (χ2n) is 5.79. The molecule has 1 heterocycles. The maximum absolute atomic E-state index is 12.3. The van der Waals surface area contributed by atoms with Gasteiger partial charge in [0.2, 0.25) is 11.9 Å². The van der Waals surface area contributed by atoms with Crippen molar-refractivity contribution >= 4 is 11.9 Å². The van der Waals surface area contributed by atoms with Crippen molar-refractivity contribution in [3.8, 4) is 0 Å². The van der Waals surface area contributed by atoms with Crippen molar-refractivity contribution in [2.45, 2.75) is 52.0 Å². The summed E-state index contributed by atoms with van der Waals surface area (Å²) in [6, 6.07) is 1.87. The van der Waals surface area contributed by atoms with Gasteiger partial charge >= 0.3 is 0 Å². The van der Waals surface area contributed by atoms with Crippen LogP contribution in [0.4, 0.5) is 5.95 Å². The van der Waals surface area contributed by atoms with E-state index in [9.17, 15) is 4.79 Å². The maximum atomic E-state index is 12.3. The van der Waals surface area contributed by atoms with Gasteiger partial charge in [-0.3, -0.25) is 10.1 Å². The summed E-state index contributed by atoms with van der Waals surface area (Å²) in [5.41, 5.74) is 7.15. The van der Waals surface area contributed by atoms with Crippen molar-refractivity contribution in [1.82, 2.24) is 9.97 Å². The van der Waals surface area contributed by atoms with Crippen molar-refractivity contribution in [3.05, 3.63) is 17.5 Å². The van der Waals surface area contributed by atoms with E-state index >= 15 is 0 Å². The lowest BCUT2D eigenvalue weighted by Crippen LogP contribution is -2.54. The predicted molar refractivity (Wildman–Crippen MR) is 74.7 cm³/mol. The van der Waals surface area contributed by atoms with Crippen LogP contribution in [0.5, 0.6) is 0 Å². The number of amides is 1. The molecule has 19 heavy (non-hydrogen) atoms. The molecule has 1 aromatic heterocycles. The van der Waals surface area contributed by atoms with Crippen molar-refractivity contribution in [3.63, 3.8) is 0 Å². The van der Waals surface area contributed by atoms with E-state index in [0.29, 0.717) is 11.9 Å². The molecule has 5 nitrogen and oxygen atoms in total. The molecule has 0 aliphatic heterocycles. The average Bonchev–Trinajstić information content (AvgIpc) is 2.26. The molecule has 1 aromatic rings. The van der Waals surface area contributed by atoms with Crippen molar-refractivity contribution < 1.29 is 4.79 Å². The lowest BCUT2D eigenvalue weighted by Gasteiger charge is -2.35. The number of carbonyl (C=O) groups is 1. The van der Waals surface area contributed by atoms with E-state index < -0.39 is 5.54 Å². The van der Waals surface area contributed by atoms with Crippen molar-refractivity contribution in [1.29, 1.82) is 0 Å². The predicted octanol–water partition coefficient (Wildman–Crippen LogP) is 1.94. The average molecular weight is 262 g/mol. The molecular formula is C14H22N4O. The van der Waals surface area contributed by atoms with Gasteiger partial charge in [0.1, 0.15) is 0 Å². The number of aryl methyl sites for hydroxylation is 2. The van der Waals surface area contributed by atoms with Gasteiger partial charge in [0, 0.05) is 11.4 Å². The Morgan fingerprint density at radius 3 is 2.63 bits per heavy atom. The third kappa shape index (κ3) is 3.29. The zero-order valence-corrected chi connectivity index (χ0v) is 11.9. The molecule has 3 N–H and O–H groups in total. The van der Waals surface area contributed by atoms with Gasteiger partial charge in [0.25, 0.3) is 0 Å². The van der Waals surface area contributed by atoms with Gasteiger partial charge < -0.3 is 5.73 Å². The molecule has 1 fully saturated rings. The molecule has 0 aromatic carbocycles. The topological polar surface area (TPSA) is 80.9 Å². The minimum Gasteiger partial charge on any atom is -0.317 e. The summed E-state index contributed by atoms with van der Waals surface area (Å²) in [6.45, 7) is 5.90. The maximum Gasteiger partial charge on any atom is 0.246 e. The third-order valence-corrected chi connectivity index (χ3v) is 3.69. The molecular weight excluding hydrogens is 240 g/mol. The molecule has 2 atom stereocenters. The minimum atomic E-state index is -0.779. The van der Waals surface area contributed by atoms with E-state index in [0.717, 1.165) is 37.1 Å². The molecule has 1 aliphatic rings. The molecule has 104 valence electrons. The lowest BCUT2D eigenvalue weighted by molar-refractivity contribution is -0.122. The van der Waals surface area contributed by atoms with Crippen LogP contribution in [0.25, 0.3) is 0 Å². The summed E-state index contributed by atoms with van der Waals surface area (Å²) in [5, 5.41) is 2.77. The molecule has 0 spiro atoms. The largest absolute Gasteiger partial charge is 0.317 e. The number of hydrogen-bond acceptors (Lipinski definition) is 4. The van der Waals surface area contributed by atoms with Crippen LogP contribution < -0.4 is 11.1 Å². The number of aromatic nitrogens is 2. The second-order valence-corrected chi connectivity index (χ2v) is 5.79. The number of nitrogens with one attached hydrogen (secondary N) is 1. The molecule has 0 radical (unpaired) electrons. The highest BCUT2D eigenvalue weighted by Gasteiger charge is 2.38. The van der Waals surface area contributed by atoms with Gasteiger partial charge in [-0.15, -0.1) is 0 Å². The zero-order chi connectivity index (χ0) is 14.0. The number of rotatable bonds is 2. The number of carbonyl (C=O) groups excluding carboxylic acids is 1. The first-order chi connectivity index (χ1) is 8.89. The third-order valence-electron chi connectivity index (χ3n) is 3.69. The van der Waals surface area contributed by atoms with Crippen molar-refractivity contribution in [2.75, 3.05) is 5.32 Å². The first kappa shape index (κ1) is 13.9. The van der Waals surface area contributed by atoms with Crippen LogP contribution in [0, 0.1) is 19.8 Å². The fraction of sp³-hybridized carbons (Fsp3) is 0.643. The first-order valence-electron chi connectivity index (χ1n) is 6.82. The molecule has 0 bridgehead atoms. The summed E-state index contributed by atoms with van der Waals surface area (Å²) < 4.78 is 0. The van der Waals surface area contributed by atoms with Gasteiger partial charge in [-0.25, -0.2) is 9.97 Å². The summed E-state index contributed by atoms with van der Waals surface area (Å²) in [7, 11) is 0. The quantitative estimate of drug-likeness (QED) is 0.853. The fourth-order valence-electron chi connectivity index (χ4n) is 2.81. The Bertz CT molecular complexity index is 468. The first-order valence-corrected chi connectivity index (χ1v) is 6.82. The van der Waals surface area contributed by atoms with Crippen LogP contribution >= 0.6 is 0 Å². The standard InChI is InChI=1S/C14H22N4O/c1-9-5-4-6-14(15,8-9)12(19)18-13-16-10(2)7-11(3)17-13/h7,9H,4-6,8,15H2,1-3H3,(H,16,17,18,19). The molecule has 5 heteroatoms. The Morgan fingerprint density at radius 1 is 1.42 bits per heavy atom. The smallest absolute Gasteiger partial charge is 0.246 e. The Balaban J connectivity index is 2.11. The number of nitrogens with zero attached hydrogens (tertiary/aromatic N) is 2. The van der Waals surface area contributed by atoms with Gasteiger partial charge in [-0.2, -0.15) is 0 Å². The summed E-state index contributed by atoms with van der Waals surface area (Å²) in [4.78, 5) is 20.8. The Labute approximate surface area is 114 Å². The summed E-state index contributed by atoms with van der Waals surface area (Å²) in [5.74, 6) is 0.680. The fourth-order valence-corrected chi connectivity index (χ4v) is 2.81. The van der Waals surface area contributed by atoms with Crippen LogP contribution in [-0.4, -0.2) is 21.4 Å². The van der Waals surface area contributed by atoms with Crippen LogP contribution in [0.1, 0.15) is 44.0 Å². The molecule has 0 saturated heterocycles. The highest BCUT2D eigenvalue weighted by molar-refractivity contribution is 5.96. The second kappa shape index (κ2) is 5.25. The number of anilines is 1. The Kier molecular flexibility index (Phi) is 3.85. The van der Waals surface area contributed by atoms with E-state index in [2.05, 4.69) is 22.2 Å². The molecule has 1 saturated carbocycles.